The lowest BCUT2D eigenvalue weighted by molar-refractivity contribution is 0.927. The highest BCUT2D eigenvalue weighted by molar-refractivity contribution is 6.35. The second-order valence-corrected chi connectivity index (χ2v) is 2.71. The van der Waals surface area contributed by atoms with Crippen LogP contribution >= 0.6 is 23.2 Å². The standard InChI is InChI=1S/C5H2Cl2N4/c6-3-1-4(7)10-11-2-8-9-5(3)11/h1-2H. The molecule has 0 radical (unpaired) electrons. The van der Waals surface area contributed by atoms with Crippen molar-refractivity contribution in [2.75, 3.05) is 0 Å². The minimum absolute atomic E-state index is 0.322. The number of hydrogen-bond acceptors (Lipinski definition) is 3. The van der Waals surface area contributed by atoms with E-state index in [4.69, 9.17) is 23.2 Å². The van der Waals surface area contributed by atoms with Gasteiger partial charge in [0.1, 0.15) is 6.33 Å². The van der Waals surface area contributed by atoms with Crippen LogP contribution in [0.1, 0.15) is 0 Å². The van der Waals surface area contributed by atoms with Crippen LogP contribution in [0.25, 0.3) is 5.65 Å². The Hall–Kier alpha value is -0.870. The summed E-state index contributed by atoms with van der Waals surface area (Å²) in [7, 11) is 0. The fraction of sp³-hybridized carbons (Fsp3) is 0. The lowest BCUT2D eigenvalue weighted by Gasteiger charge is -1.93. The molecule has 0 fully saturated rings. The Kier molecular flexibility index (Phi) is 1.44. The molecule has 4 nitrogen and oxygen atoms in total. The fourth-order valence-electron chi connectivity index (χ4n) is 0.761. The Balaban J connectivity index is 2.91. The summed E-state index contributed by atoms with van der Waals surface area (Å²) in [6.07, 6.45) is 1.44. The third-order valence-corrected chi connectivity index (χ3v) is 1.66. The van der Waals surface area contributed by atoms with Gasteiger partial charge in [0.05, 0.1) is 5.02 Å². The lowest BCUT2D eigenvalue weighted by Crippen LogP contribution is -1.90. The third kappa shape index (κ3) is 1.04. The molecule has 0 spiro atoms. The van der Waals surface area contributed by atoms with Crippen LogP contribution in [0.3, 0.4) is 0 Å². The van der Waals surface area contributed by atoms with Crippen molar-refractivity contribution in [2.45, 2.75) is 0 Å². The van der Waals surface area contributed by atoms with Gasteiger partial charge in [-0.1, -0.05) is 23.2 Å². The van der Waals surface area contributed by atoms with Crippen LogP contribution in [0, 0.1) is 0 Å². The molecule has 0 aliphatic heterocycles. The maximum atomic E-state index is 5.76. The number of hydrogen-bond donors (Lipinski definition) is 0. The number of fused-ring (bicyclic) bond motifs is 1. The van der Waals surface area contributed by atoms with Crippen molar-refractivity contribution < 1.29 is 0 Å². The number of rotatable bonds is 0. The van der Waals surface area contributed by atoms with E-state index in [1.165, 1.54) is 16.9 Å². The Morgan fingerprint density at radius 1 is 1.36 bits per heavy atom. The summed E-state index contributed by atoms with van der Waals surface area (Å²) in [6, 6.07) is 1.52. The predicted molar refractivity (Wildman–Crippen MR) is 40.8 cm³/mol. The third-order valence-electron chi connectivity index (χ3n) is 1.19. The molecule has 0 atom stereocenters. The molecule has 6 heteroatoms. The zero-order valence-electron chi connectivity index (χ0n) is 5.20. The average molecular weight is 189 g/mol. The van der Waals surface area contributed by atoms with E-state index in [0.717, 1.165) is 0 Å². The second-order valence-electron chi connectivity index (χ2n) is 1.91. The summed E-state index contributed by atoms with van der Waals surface area (Å²) in [4.78, 5) is 0. The van der Waals surface area contributed by atoms with Crippen LogP contribution in [0.2, 0.25) is 10.2 Å². The number of halogens is 2. The maximum absolute atomic E-state index is 5.76. The molecule has 0 unspecified atom stereocenters. The molecule has 2 rings (SSSR count). The van der Waals surface area contributed by atoms with Gasteiger partial charge in [-0.15, -0.1) is 10.2 Å². The van der Waals surface area contributed by atoms with Crippen molar-refractivity contribution in [3.63, 3.8) is 0 Å². The topological polar surface area (TPSA) is 43.1 Å². The first-order valence-corrected chi connectivity index (χ1v) is 3.55. The molecule has 0 aliphatic carbocycles. The molecule has 0 amide bonds. The molecule has 2 heterocycles. The Labute approximate surface area is 71.8 Å². The van der Waals surface area contributed by atoms with Crippen LogP contribution in [-0.2, 0) is 0 Å². The molecule has 2 aromatic rings. The molecule has 0 N–H and O–H groups in total. The van der Waals surface area contributed by atoms with E-state index in [0.29, 0.717) is 15.8 Å². The van der Waals surface area contributed by atoms with E-state index in [1.54, 1.807) is 0 Å². The smallest absolute Gasteiger partial charge is 0.196 e. The normalized spacial score (nSPS) is 10.7. The average Bonchev–Trinajstić information content (AvgIpc) is 2.34. The quantitative estimate of drug-likeness (QED) is 0.629. The first-order valence-electron chi connectivity index (χ1n) is 2.79. The number of aromatic nitrogens is 4. The largest absolute Gasteiger partial charge is 0.198 e. The van der Waals surface area contributed by atoms with Crippen molar-refractivity contribution in [3.05, 3.63) is 22.6 Å². The van der Waals surface area contributed by atoms with Crippen molar-refractivity contribution in [1.29, 1.82) is 0 Å². The Morgan fingerprint density at radius 2 is 2.18 bits per heavy atom. The van der Waals surface area contributed by atoms with E-state index >= 15 is 0 Å². The highest BCUT2D eigenvalue weighted by atomic mass is 35.5. The first-order chi connectivity index (χ1) is 5.27. The van der Waals surface area contributed by atoms with Gasteiger partial charge in [-0.3, -0.25) is 0 Å². The molecule has 0 aromatic carbocycles. The Bertz CT molecular complexity index is 396. The van der Waals surface area contributed by atoms with Gasteiger partial charge in [0.15, 0.2) is 10.8 Å². The van der Waals surface area contributed by atoms with Gasteiger partial charge in [-0.25, -0.2) is 0 Å². The molecule has 11 heavy (non-hydrogen) atoms. The molecule has 2 aromatic heterocycles. The zero-order chi connectivity index (χ0) is 7.84. The maximum Gasteiger partial charge on any atom is 0.196 e. The van der Waals surface area contributed by atoms with Gasteiger partial charge in [0.25, 0.3) is 0 Å². The summed E-state index contributed by atoms with van der Waals surface area (Å²) in [5.41, 5.74) is 0.510. The van der Waals surface area contributed by atoms with E-state index in [-0.39, 0.29) is 0 Å². The predicted octanol–water partition coefficient (Wildman–Crippen LogP) is 1.43. The van der Waals surface area contributed by atoms with Gasteiger partial charge < -0.3 is 0 Å². The monoisotopic (exact) mass is 188 g/mol. The van der Waals surface area contributed by atoms with Gasteiger partial charge in [-0.2, -0.15) is 9.61 Å². The van der Waals surface area contributed by atoms with Gasteiger partial charge in [0, 0.05) is 0 Å². The van der Waals surface area contributed by atoms with Crippen LogP contribution in [0.15, 0.2) is 12.4 Å². The summed E-state index contributed by atoms with van der Waals surface area (Å²) in [5, 5.41) is 12.0. The first kappa shape index (κ1) is 6.82. The van der Waals surface area contributed by atoms with Crippen molar-refractivity contribution in [1.82, 2.24) is 19.8 Å². The minimum Gasteiger partial charge on any atom is -0.198 e. The highest BCUT2D eigenvalue weighted by Gasteiger charge is 2.02. The zero-order valence-corrected chi connectivity index (χ0v) is 6.71. The highest BCUT2D eigenvalue weighted by Crippen LogP contribution is 2.16. The summed E-state index contributed by atoms with van der Waals surface area (Å²) < 4.78 is 1.42. The molecular weight excluding hydrogens is 187 g/mol. The van der Waals surface area contributed by atoms with Crippen LogP contribution in [0.5, 0.6) is 0 Å². The van der Waals surface area contributed by atoms with Crippen LogP contribution in [0.4, 0.5) is 0 Å². The summed E-state index contributed by atoms with van der Waals surface area (Å²) >= 11 is 11.4. The number of nitrogens with zero attached hydrogens (tertiary/aromatic N) is 4. The van der Waals surface area contributed by atoms with Crippen LogP contribution in [-0.4, -0.2) is 19.8 Å². The molecule has 0 bridgehead atoms. The molecule has 0 saturated heterocycles. The lowest BCUT2D eigenvalue weighted by atomic mass is 10.5. The molecule has 0 saturated carbocycles. The summed E-state index contributed by atoms with van der Waals surface area (Å²) in [5.74, 6) is 0. The van der Waals surface area contributed by atoms with E-state index in [1.807, 2.05) is 0 Å². The van der Waals surface area contributed by atoms with E-state index in [2.05, 4.69) is 15.3 Å². The van der Waals surface area contributed by atoms with E-state index in [9.17, 15) is 0 Å². The van der Waals surface area contributed by atoms with Crippen molar-refractivity contribution >= 4 is 28.8 Å². The van der Waals surface area contributed by atoms with Crippen molar-refractivity contribution in [2.24, 2.45) is 0 Å². The van der Waals surface area contributed by atoms with Crippen LogP contribution < -0.4 is 0 Å². The second kappa shape index (κ2) is 2.32. The molecule has 0 aliphatic rings. The Morgan fingerprint density at radius 3 is 3.00 bits per heavy atom. The SMILES string of the molecule is Clc1cc(Cl)c2nncn2n1. The van der Waals surface area contributed by atoms with Gasteiger partial charge in [-0.05, 0) is 6.07 Å². The molecular formula is C5H2Cl2N4. The van der Waals surface area contributed by atoms with E-state index < -0.39 is 0 Å². The molecule has 56 valence electrons. The van der Waals surface area contributed by atoms with Gasteiger partial charge in [0.2, 0.25) is 0 Å². The van der Waals surface area contributed by atoms with Crippen molar-refractivity contribution in [3.8, 4) is 0 Å². The fourth-order valence-corrected chi connectivity index (χ4v) is 1.24. The van der Waals surface area contributed by atoms with Gasteiger partial charge >= 0.3 is 0 Å². The summed E-state index contributed by atoms with van der Waals surface area (Å²) in [6.45, 7) is 0. The minimum atomic E-state index is 0.322.